The van der Waals surface area contributed by atoms with Crippen LogP contribution < -0.4 is 0 Å². The van der Waals surface area contributed by atoms with E-state index in [-0.39, 0.29) is 23.0 Å². The molecule has 2 N–H and O–H groups in total. The lowest BCUT2D eigenvalue weighted by Crippen LogP contribution is -2.40. The van der Waals surface area contributed by atoms with E-state index >= 15 is 0 Å². The number of rotatable bonds is 0. The maximum atomic E-state index is 9.88. The summed E-state index contributed by atoms with van der Waals surface area (Å²) in [7, 11) is 0. The van der Waals surface area contributed by atoms with Gasteiger partial charge in [-0.3, -0.25) is 0 Å². The second-order valence-corrected chi connectivity index (χ2v) is 5.16. The summed E-state index contributed by atoms with van der Waals surface area (Å²) in [6, 6.07) is 0. The van der Waals surface area contributed by atoms with Gasteiger partial charge in [0, 0.05) is 0 Å². The van der Waals surface area contributed by atoms with Crippen LogP contribution in [0.25, 0.3) is 0 Å². The highest BCUT2D eigenvalue weighted by atomic mass is 16.3. The molecule has 0 amide bonds. The molecule has 0 aromatic carbocycles. The van der Waals surface area contributed by atoms with Crippen molar-refractivity contribution in [3.8, 4) is 0 Å². The van der Waals surface area contributed by atoms with Crippen LogP contribution in [-0.2, 0) is 0 Å². The first kappa shape index (κ1) is 7.34. The maximum Gasteiger partial charge on any atom is 0.0603 e. The molecular weight excluding hydrogens is 152 g/mol. The van der Waals surface area contributed by atoms with E-state index < -0.39 is 0 Å². The summed E-state index contributed by atoms with van der Waals surface area (Å²) in [5, 5.41) is 19.8. The monoisotopic (exact) mass is 168 g/mol. The highest BCUT2D eigenvalue weighted by Gasteiger charge is 2.62. The van der Waals surface area contributed by atoms with E-state index in [4.69, 9.17) is 0 Å². The van der Waals surface area contributed by atoms with Gasteiger partial charge in [0.1, 0.15) is 0 Å². The SMILES string of the molecule is OC1CC2(CC2)C(O)CC12CC2. The number of hydrogen-bond donors (Lipinski definition) is 2. The van der Waals surface area contributed by atoms with Crippen LogP contribution in [0.3, 0.4) is 0 Å². The first-order valence-electron chi connectivity index (χ1n) is 5.03. The summed E-state index contributed by atoms with van der Waals surface area (Å²) in [6.45, 7) is 0. The van der Waals surface area contributed by atoms with Gasteiger partial charge in [0.25, 0.3) is 0 Å². The molecule has 0 aromatic rings. The van der Waals surface area contributed by atoms with E-state index in [1.165, 1.54) is 0 Å². The van der Waals surface area contributed by atoms with Gasteiger partial charge in [0.2, 0.25) is 0 Å². The fourth-order valence-corrected chi connectivity index (χ4v) is 2.87. The van der Waals surface area contributed by atoms with Crippen LogP contribution in [0.15, 0.2) is 0 Å². The molecule has 3 aliphatic rings. The summed E-state index contributed by atoms with van der Waals surface area (Å²) in [5.41, 5.74) is 0.320. The number of aliphatic hydroxyl groups is 2. The zero-order chi connectivity index (χ0) is 8.40. The van der Waals surface area contributed by atoms with Crippen LogP contribution in [0, 0.1) is 10.8 Å². The Kier molecular flexibility index (Phi) is 1.15. The molecule has 2 nitrogen and oxygen atoms in total. The lowest BCUT2D eigenvalue weighted by molar-refractivity contribution is -0.0548. The fraction of sp³-hybridized carbons (Fsp3) is 1.00. The minimum atomic E-state index is -0.108. The van der Waals surface area contributed by atoms with E-state index in [9.17, 15) is 10.2 Å². The van der Waals surface area contributed by atoms with Gasteiger partial charge in [-0.15, -0.1) is 0 Å². The van der Waals surface area contributed by atoms with Crippen molar-refractivity contribution in [2.75, 3.05) is 0 Å². The highest BCUT2D eigenvalue weighted by molar-refractivity contribution is 5.13. The standard InChI is InChI=1S/C10H16O2/c11-7-6-10(3-4-10)8(12)5-9(7)1-2-9/h7-8,11-12H,1-6H2. The van der Waals surface area contributed by atoms with Crippen molar-refractivity contribution in [3.05, 3.63) is 0 Å². The molecule has 0 aliphatic heterocycles. The van der Waals surface area contributed by atoms with Gasteiger partial charge in [-0.25, -0.2) is 0 Å². The van der Waals surface area contributed by atoms with E-state index in [0.717, 1.165) is 38.5 Å². The third-order valence-corrected chi connectivity index (χ3v) is 4.40. The van der Waals surface area contributed by atoms with Crippen molar-refractivity contribution in [1.82, 2.24) is 0 Å². The van der Waals surface area contributed by atoms with Gasteiger partial charge in [-0.1, -0.05) is 0 Å². The Morgan fingerprint density at radius 3 is 1.33 bits per heavy atom. The minimum Gasteiger partial charge on any atom is -0.393 e. The van der Waals surface area contributed by atoms with Gasteiger partial charge in [-0.05, 0) is 49.4 Å². The average Bonchev–Trinajstić information content (AvgIpc) is 2.82. The molecule has 2 spiro atoms. The molecule has 0 saturated heterocycles. The van der Waals surface area contributed by atoms with Crippen molar-refractivity contribution in [1.29, 1.82) is 0 Å². The largest absolute Gasteiger partial charge is 0.393 e. The third kappa shape index (κ3) is 0.775. The second-order valence-electron chi connectivity index (χ2n) is 5.16. The molecular formula is C10H16O2. The van der Waals surface area contributed by atoms with Gasteiger partial charge in [0.15, 0.2) is 0 Å². The summed E-state index contributed by atoms with van der Waals surface area (Å²) >= 11 is 0. The van der Waals surface area contributed by atoms with Crippen molar-refractivity contribution < 1.29 is 10.2 Å². The Labute approximate surface area is 72.6 Å². The quantitative estimate of drug-likeness (QED) is 0.568. The smallest absolute Gasteiger partial charge is 0.0603 e. The van der Waals surface area contributed by atoms with Crippen molar-refractivity contribution >= 4 is 0 Å². The average molecular weight is 168 g/mol. The fourth-order valence-electron chi connectivity index (χ4n) is 2.87. The Morgan fingerprint density at radius 1 is 0.750 bits per heavy atom. The molecule has 3 saturated carbocycles. The van der Waals surface area contributed by atoms with Crippen LogP contribution >= 0.6 is 0 Å². The molecule has 2 heteroatoms. The zero-order valence-electron chi connectivity index (χ0n) is 7.29. The van der Waals surface area contributed by atoms with Crippen molar-refractivity contribution in [2.24, 2.45) is 10.8 Å². The van der Waals surface area contributed by atoms with Crippen LogP contribution in [0.4, 0.5) is 0 Å². The van der Waals surface area contributed by atoms with Crippen LogP contribution in [0.5, 0.6) is 0 Å². The Bertz CT molecular complexity index is 192. The third-order valence-electron chi connectivity index (χ3n) is 4.40. The summed E-state index contributed by atoms with van der Waals surface area (Å²) in [6.07, 6.45) is 6.08. The molecule has 0 heterocycles. The predicted octanol–water partition coefficient (Wildman–Crippen LogP) is 1.06. The number of aliphatic hydroxyl groups excluding tert-OH is 2. The summed E-state index contributed by atoms with van der Waals surface area (Å²) in [4.78, 5) is 0. The lowest BCUT2D eigenvalue weighted by Gasteiger charge is -2.37. The molecule has 2 atom stereocenters. The molecule has 3 rings (SSSR count). The molecule has 68 valence electrons. The van der Waals surface area contributed by atoms with E-state index in [1.807, 2.05) is 0 Å². The molecule has 12 heavy (non-hydrogen) atoms. The normalized spacial score (nSPS) is 46.5. The van der Waals surface area contributed by atoms with Crippen LogP contribution in [0.1, 0.15) is 38.5 Å². The highest BCUT2D eigenvalue weighted by Crippen LogP contribution is 2.66. The predicted molar refractivity (Wildman–Crippen MR) is 44.6 cm³/mol. The van der Waals surface area contributed by atoms with Crippen molar-refractivity contribution in [2.45, 2.75) is 50.7 Å². The van der Waals surface area contributed by atoms with E-state index in [2.05, 4.69) is 0 Å². The van der Waals surface area contributed by atoms with Gasteiger partial charge in [-0.2, -0.15) is 0 Å². The number of hydrogen-bond acceptors (Lipinski definition) is 2. The molecule has 3 fully saturated rings. The van der Waals surface area contributed by atoms with Gasteiger partial charge in [0.05, 0.1) is 12.2 Å². The Hall–Kier alpha value is -0.0800. The maximum absolute atomic E-state index is 9.88. The Balaban J connectivity index is 1.83. The first-order chi connectivity index (χ1) is 5.67. The van der Waals surface area contributed by atoms with Gasteiger partial charge >= 0.3 is 0 Å². The van der Waals surface area contributed by atoms with Crippen LogP contribution in [0.2, 0.25) is 0 Å². The molecule has 2 unspecified atom stereocenters. The van der Waals surface area contributed by atoms with E-state index in [1.54, 1.807) is 0 Å². The minimum absolute atomic E-state index is 0.108. The molecule has 0 aromatic heterocycles. The van der Waals surface area contributed by atoms with Gasteiger partial charge < -0.3 is 10.2 Å². The molecule has 3 aliphatic carbocycles. The zero-order valence-corrected chi connectivity index (χ0v) is 7.29. The molecule has 0 bridgehead atoms. The van der Waals surface area contributed by atoms with E-state index in [0.29, 0.717) is 0 Å². The lowest BCUT2D eigenvalue weighted by atomic mass is 9.73. The Morgan fingerprint density at radius 2 is 1.08 bits per heavy atom. The van der Waals surface area contributed by atoms with Crippen LogP contribution in [-0.4, -0.2) is 22.4 Å². The van der Waals surface area contributed by atoms with Crippen molar-refractivity contribution in [3.63, 3.8) is 0 Å². The summed E-state index contributed by atoms with van der Waals surface area (Å²) < 4.78 is 0. The molecule has 0 radical (unpaired) electrons. The first-order valence-corrected chi connectivity index (χ1v) is 5.03. The summed E-state index contributed by atoms with van der Waals surface area (Å²) in [5.74, 6) is 0. The topological polar surface area (TPSA) is 40.5 Å². The second kappa shape index (κ2) is 1.88.